The van der Waals surface area contributed by atoms with Crippen LogP contribution < -0.4 is 5.32 Å². The third-order valence-electron chi connectivity index (χ3n) is 5.67. The van der Waals surface area contributed by atoms with Gasteiger partial charge in [-0.15, -0.1) is 0 Å². The lowest BCUT2D eigenvalue weighted by atomic mass is 10.0. The van der Waals surface area contributed by atoms with Gasteiger partial charge in [-0.2, -0.15) is 0 Å². The molecule has 7 heteroatoms. The summed E-state index contributed by atoms with van der Waals surface area (Å²) >= 11 is 0. The SMILES string of the molecule is Cc1oc2c(c1C(=O)NCCN1CCOCC1)CN(Cc1ccc(F)cc1)CC2. The van der Waals surface area contributed by atoms with Gasteiger partial charge in [-0.3, -0.25) is 14.6 Å². The van der Waals surface area contributed by atoms with E-state index < -0.39 is 0 Å². The van der Waals surface area contributed by atoms with E-state index >= 15 is 0 Å². The second-order valence-corrected chi connectivity index (χ2v) is 7.73. The molecule has 0 bridgehead atoms. The zero-order chi connectivity index (χ0) is 20.2. The molecule has 4 rings (SSSR count). The molecule has 2 aromatic rings. The van der Waals surface area contributed by atoms with E-state index in [4.69, 9.17) is 9.15 Å². The van der Waals surface area contributed by atoms with Crippen molar-refractivity contribution in [1.82, 2.24) is 15.1 Å². The monoisotopic (exact) mass is 401 g/mol. The predicted octanol–water partition coefficient (Wildman–Crippen LogP) is 2.35. The molecule has 1 fully saturated rings. The van der Waals surface area contributed by atoms with Gasteiger partial charge in [-0.1, -0.05) is 12.1 Å². The Morgan fingerprint density at radius 2 is 1.90 bits per heavy atom. The number of nitrogens with zero attached hydrogens (tertiary/aromatic N) is 2. The fourth-order valence-electron chi connectivity index (χ4n) is 4.10. The number of carbonyl (C=O) groups excluding carboxylic acids is 1. The predicted molar refractivity (Wildman–Crippen MR) is 107 cm³/mol. The average molecular weight is 401 g/mol. The summed E-state index contributed by atoms with van der Waals surface area (Å²) in [5.41, 5.74) is 2.72. The number of aryl methyl sites for hydroxylation is 1. The van der Waals surface area contributed by atoms with Crippen LogP contribution in [0.4, 0.5) is 4.39 Å². The minimum Gasteiger partial charge on any atom is -0.465 e. The first kappa shape index (κ1) is 20.1. The van der Waals surface area contributed by atoms with E-state index in [9.17, 15) is 9.18 Å². The number of hydrogen-bond acceptors (Lipinski definition) is 5. The summed E-state index contributed by atoms with van der Waals surface area (Å²) in [4.78, 5) is 17.4. The number of amides is 1. The molecule has 3 heterocycles. The number of halogens is 1. The Hall–Kier alpha value is -2.22. The lowest BCUT2D eigenvalue weighted by molar-refractivity contribution is 0.0383. The maximum atomic E-state index is 13.1. The standard InChI is InChI=1S/C22H28FN3O3/c1-16-21(22(27)24-7-9-25-10-12-28-13-11-25)19-15-26(8-6-20(19)29-16)14-17-2-4-18(23)5-3-17/h2-5H,6-15H2,1H3,(H,24,27). The van der Waals surface area contributed by atoms with E-state index in [1.54, 1.807) is 0 Å². The highest BCUT2D eigenvalue weighted by atomic mass is 19.1. The second kappa shape index (κ2) is 9.07. The van der Waals surface area contributed by atoms with Crippen molar-refractivity contribution >= 4 is 5.91 Å². The molecule has 0 aliphatic carbocycles. The number of nitrogens with one attached hydrogen (secondary N) is 1. The minimum absolute atomic E-state index is 0.0654. The van der Waals surface area contributed by atoms with Gasteiger partial charge in [-0.25, -0.2) is 4.39 Å². The van der Waals surface area contributed by atoms with Gasteiger partial charge >= 0.3 is 0 Å². The Morgan fingerprint density at radius 3 is 2.66 bits per heavy atom. The molecule has 2 aliphatic heterocycles. The van der Waals surface area contributed by atoms with Gasteiger partial charge in [-0.05, 0) is 24.6 Å². The molecule has 156 valence electrons. The largest absolute Gasteiger partial charge is 0.465 e. The van der Waals surface area contributed by atoms with Crippen molar-refractivity contribution in [3.05, 3.63) is 58.3 Å². The van der Waals surface area contributed by atoms with Crippen LogP contribution in [0.3, 0.4) is 0 Å². The zero-order valence-electron chi connectivity index (χ0n) is 16.9. The summed E-state index contributed by atoms with van der Waals surface area (Å²) in [6.45, 7) is 8.87. The maximum Gasteiger partial charge on any atom is 0.255 e. The number of morpholine rings is 1. The molecule has 0 spiro atoms. The van der Waals surface area contributed by atoms with Crippen molar-refractivity contribution in [3.8, 4) is 0 Å². The normalized spacial score (nSPS) is 17.9. The van der Waals surface area contributed by atoms with Crippen molar-refractivity contribution in [2.75, 3.05) is 45.9 Å². The molecule has 0 atom stereocenters. The third-order valence-corrected chi connectivity index (χ3v) is 5.67. The summed E-state index contributed by atoms with van der Waals surface area (Å²) in [7, 11) is 0. The van der Waals surface area contributed by atoms with Crippen molar-refractivity contribution in [2.24, 2.45) is 0 Å². The first-order chi connectivity index (χ1) is 14.1. The lowest BCUT2D eigenvalue weighted by Crippen LogP contribution is -2.41. The van der Waals surface area contributed by atoms with Crippen LogP contribution in [0.25, 0.3) is 0 Å². The summed E-state index contributed by atoms with van der Waals surface area (Å²) < 4.78 is 24.4. The lowest BCUT2D eigenvalue weighted by Gasteiger charge is -2.27. The second-order valence-electron chi connectivity index (χ2n) is 7.73. The Morgan fingerprint density at radius 1 is 1.14 bits per heavy atom. The molecule has 0 saturated carbocycles. The molecular weight excluding hydrogens is 373 g/mol. The van der Waals surface area contributed by atoms with Gasteiger partial charge in [0.15, 0.2) is 0 Å². The van der Waals surface area contributed by atoms with Crippen molar-refractivity contribution in [3.63, 3.8) is 0 Å². The van der Waals surface area contributed by atoms with Crippen LogP contribution in [0.15, 0.2) is 28.7 Å². The highest BCUT2D eigenvalue weighted by Gasteiger charge is 2.28. The Labute approximate surface area is 170 Å². The highest BCUT2D eigenvalue weighted by Crippen LogP contribution is 2.29. The molecule has 0 radical (unpaired) electrons. The van der Waals surface area contributed by atoms with E-state index in [0.29, 0.717) is 24.4 Å². The van der Waals surface area contributed by atoms with Gasteiger partial charge in [0.2, 0.25) is 0 Å². The summed E-state index contributed by atoms with van der Waals surface area (Å²) in [5, 5.41) is 3.05. The smallest absolute Gasteiger partial charge is 0.255 e. The van der Waals surface area contributed by atoms with Crippen LogP contribution in [-0.4, -0.2) is 61.6 Å². The molecule has 6 nitrogen and oxygen atoms in total. The topological polar surface area (TPSA) is 58.0 Å². The van der Waals surface area contributed by atoms with Crippen LogP contribution >= 0.6 is 0 Å². The number of carbonyl (C=O) groups is 1. The van der Waals surface area contributed by atoms with E-state index in [-0.39, 0.29) is 11.7 Å². The minimum atomic E-state index is -0.226. The molecule has 1 saturated heterocycles. The van der Waals surface area contributed by atoms with Crippen LogP contribution in [0.5, 0.6) is 0 Å². The van der Waals surface area contributed by atoms with Crippen LogP contribution in [-0.2, 0) is 24.2 Å². The molecule has 1 aromatic heterocycles. The van der Waals surface area contributed by atoms with E-state index in [1.807, 2.05) is 19.1 Å². The highest BCUT2D eigenvalue weighted by molar-refractivity contribution is 5.97. The maximum absolute atomic E-state index is 13.1. The van der Waals surface area contributed by atoms with Crippen molar-refractivity contribution in [2.45, 2.75) is 26.4 Å². The third kappa shape index (κ3) is 4.86. The first-order valence-corrected chi connectivity index (χ1v) is 10.3. The number of furan rings is 1. The average Bonchev–Trinajstić information content (AvgIpc) is 3.05. The number of fused-ring (bicyclic) bond motifs is 1. The molecule has 1 N–H and O–H groups in total. The van der Waals surface area contributed by atoms with Gasteiger partial charge in [0.25, 0.3) is 5.91 Å². The van der Waals surface area contributed by atoms with Crippen LogP contribution in [0.2, 0.25) is 0 Å². The number of ether oxygens (including phenoxy) is 1. The molecule has 29 heavy (non-hydrogen) atoms. The van der Waals surface area contributed by atoms with Gasteiger partial charge < -0.3 is 14.5 Å². The first-order valence-electron chi connectivity index (χ1n) is 10.3. The summed E-state index contributed by atoms with van der Waals surface area (Å²) in [6.07, 6.45) is 0.776. The van der Waals surface area contributed by atoms with Gasteiger partial charge in [0.1, 0.15) is 17.3 Å². The van der Waals surface area contributed by atoms with Crippen LogP contribution in [0, 0.1) is 12.7 Å². The van der Waals surface area contributed by atoms with Crippen molar-refractivity contribution < 1.29 is 18.3 Å². The molecule has 1 amide bonds. The van der Waals surface area contributed by atoms with E-state index in [2.05, 4.69) is 15.1 Å². The number of hydrogen-bond donors (Lipinski definition) is 1. The molecule has 0 unspecified atom stereocenters. The summed E-state index contributed by atoms with van der Waals surface area (Å²) in [6, 6.07) is 6.59. The Balaban J connectivity index is 1.38. The number of benzene rings is 1. The zero-order valence-corrected chi connectivity index (χ0v) is 16.9. The van der Waals surface area contributed by atoms with Crippen LogP contribution in [0.1, 0.15) is 33.0 Å². The molecule has 2 aliphatic rings. The fraction of sp³-hybridized carbons (Fsp3) is 0.500. The van der Waals surface area contributed by atoms with E-state index in [0.717, 1.165) is 69.2 Å². The van der Waals surface area contributed by atoms with Crippen molar-refractivity contribution in [1.29, 1.82) is 0 Å². The van der Waals surface area contributed by atoms with Gasteiger partial charge in [0.05, 0.1) is 18.8 Å². The van der Waals surface area contributed by atoms with E-state index in [1.165, 1.54) is 12.1 Å². The van der Waals surface area contributed by atoms with Gasteiger partial charge in [0, 0.05) is 57.8 Å². The quantitative estimate of drug-likeness (QED) is 0.805. The molecular formula is C22H28FN3O3. The Bertz CT molecular complexity index is 844. The summed E-state index contributed by atoms with van der Waals surface area (Å²) in [5.74, 6) is 1.30. The molecule has 1 aromatic carbocycles. The number of rotatable bonds is 6. The Kier molecular flexibility index (Phi) is 6.28. The fourth-order valence-corrected chi connectivity index (χ4v) is 4.10.